The Labute approximate surface area is 124 Å². The molecule has 1 aliphatic heterocycles. The van der Waals surface area contributed by atoms with Crippen LogP contribution in [0.15, 0.2) is 12.3 Å². The number of methoxy groups -OCH3 is 1. The number of hydrogen-bond donors (Lipinski definition) is 1. The molecule has 2 heterocycles. The van der Waals surface area contributed by atoms with E-state index in [0.717, 1.165) is 37.4 Å². The number of aryl methyl sites for hydroxylation is 1. The number of anilines is 1. The van der Waals surface area contributed by atoms with Gasteiger partial charge >= 0.3 is 0 Å². The lowest BCUT2D eigenvalue weighted by molar-refractivity contribution is -0.385. The largest absolute Gasteiger partial charge is 0.383 e. The zero-order chi connectivity index (χ0) is 15.2. The molecule has 1 N–H and O–H groups in total. The molecule has 1 fully saturated rings. The molecule has 0 radical (unpaired) electrons. The number of aromatic nitrogens is 1. The first-order chi connectivity index (χ1) is 10.1. The van der Waals surface area contributed by atoms with Gasteiger partial charge < -0.3 is 15.0 Å². The summed E-state index contributed by atoms with van der Waals surface area (Å²) in [5.74, 6) is 0.798. The minimum atomic E-state index is -0.415. The fourth-order valence-corrected chi connectivity index (χ4v) is 2.65. The van der Waals surface area contributed by atoms with Crippen molar-refractivity contribution in [2.24, 2.45) is 0 Å². The second-order valence-electron chi connectivity index (χ2n) is 5.32. The quantitative estimate of drug-likeness (QED) is 0.606. The van der Waals surface area contributed by atoms with Crippen LogP contribution in [0.1, 0.15) is 18.4 Å². The molecule has 0 amide bonds. The molecule has 2 rings (SSSR count). The highest BCUT2D eigenvalue weighted by Gasteiger charge is 2.21. The van der Waals surface area contributed by atoms with Gasteiger partial charge in [-0.1, -0.05) is 0 Å². The monoisotopic (exact) mass is 294 g/mol. The summed E-state index contributed by atoms with van der Waals surface area (Å²) in [7, 11) is 1.67. The molecular weight excluding hydrogens is 272 g/mol. The highest BCUT2D eigenvalue weighted by molar-refractivity contribution is 5.50. The molecule has 1 aliphatic rings. The van der Waals surface area contributed by atoms with Gasteiger partial charge in [-0.05, 0) is 31.9 Å². The minimum Gasteiger partial charge on any atom is -0.383 e. The van der Waals surface area contributed by atoms with Crippen LogP contribution < -0.4 is 10.2 Å². The number of nitrogens with zero attached hydrogens (tertiary/aromatic N) is 3. The van der Waals surface area contributed by atoms with Crippen LogP contribution in [-0.2, 0) is 4.74 Å². The van der Waals surface area contributed by atoms with E-state index in [9.17, 15) is 10.1 Å². The van der Waals surface area contributed by atoms with Crippen molar-refractivity contribution < 1.29 is 9.66 Å². The van der Waals surface area contributed by atoms with E-state index in [1.807, 2.05) is 6.92 Å². The molecule has 0 aromatic carbocycles. The van der Waals surface area contributed by atoms with E-state index in [2.05, 4.69) is 15.2 Å². The smallest absolute Gasteiger partial charge is 0.287 e. The van der Waals surface area contributed by atoms with Gasteiger partial charge in [-0.15, -0.1) is 0 Å². The van der Waals surface area contributed by atoms with E-state index in [-0.39, 0.29) is 5.69 Å². The van der Waals surface area contributed by atoms with Crippen LogP contribution >= 0.6 is 0 Å². The zero-order valence-electron chi connectivity index (χ0n) is 12.5. The SMILES string of the molecule is COCCN(CC1CCCN1)c1ncc([N+](=O)[O-])cc1C. The molecule has 7 nitrogen and oxygen atoms in total. The van der Waals surface area contributed by atoms with Gasteiger partial charge in [-0.2, -0.15) is 0 Å². The highest BCUT2D eigenvalue weighted by Crippen LogP contribution is 2.22. The summed E-state index contributed by atoms with van der Waals surface area (Å²) in [5.41, 5.74) is 0.847. The predicted molar refractivity (Wildman–Crippen MR) is 80.7 cm³/mol. The van der Waals surface area contributed by atoms with Gasteiger partial charge in [-0.3, -0.25) is 10.1 Å². The van der Waals surface area contributed by atoms with Crippen molar-refractivity contribution in [3.63, 3.8) is 0 Å². The van der Waals surface area contributed by atoms with Crippen LogP contribution in [0.2, 0.25) is 0 Å². The first-order valence-corrected chi connectivity index (χ1v) is 7.20. The van der Waals surface area contributed by atoms with Crippen molar-refractivity contribution in [1.82, 2.24) is 10.3 Å². The minimum absolute atomic E-state index is 0.0296. The number of nitro groups is 1. The second kappa shape index (κ2) is 7.33. The highest BCUT2D eigenvalue weighted by atomic mass is 16.6. The van der Waals surface area contributed by atoms with Crippen molar-refractivity contribution in [2.45, 2.75) is 25.8 Å². The Morgan fingerprint density at radius 1 is 1.62 bits per heavy atom. The summed E-state index contributed by atoms with van der Waals surface area (Å²) < 4.78 is 5.16. The molecular formula is C14H22N4O3. The fourth-order valence-electron chi connectivity index (χ4n) is 2.65. The zero-order valence-corrected chi connectivity index (χ0v) is 12.5. The summed E-state index contributed by atoms with van der Waals surface area (Å²) >= 11 is 0. The third-order valence-corrected chi connectivity index (χ3v) is 3.72. The maximum atomic E-state index is 10.8. The maximum absolute atomic E-state index is 10.8. The third-order valence-electron chi connectivity index (χ3n) is 3.72. The lowest BCUT2D eigenvalue weighted by atomic mass is 10.2. The van der Waals surface area contributed by atoms with Crippen molar-refractivity contribution in [3.8, 4) is 0 Å². The molecule has 7 heteroatoms. The molecule has 1 atom stereocenters. The summed E-state index contributed by atoms with van der Waals surface area (Å²) in [6.07, 6.45) is 3.66. The van der Waals surface area contributed by atoms with Crippen LogP contribution in [0.5, 0.6) is 0 Å². The first kappa shape index (κ1) is 15.7. The predicted octanol–water partition coefficient (Wildman–Crippen LogP) is 1.50. The number of hydrogen-bond acceptors (Lipinski definition) is 6. The normalized spacial score (nSPS) is 17.9. The van der Waals surface area contributed by atoms with Gasteiger partial charge in [-0.25, -0.2) is 4.98 Å². The number of nitrogens with one attached hydrogen (secondary N) is 1. The van der Waals surface area contributed by atoms with Gasteiger partial charge in [0.1, 0.15) is 12.0 Å². The molecule has 0 aliphatic carbocycles. The standard InChI is InChI=1S/C14H22N4O3/c1-11-8-13(18(19)20)9-16-14(11)17(6-7-21-2)10-12-4-3-5-15-12/h8-9,12,15H,3-7,10H2,1-2H3. The molecule has 21 heavy (non-hydrogen) atoms. The molecule has 1 saturated heterocycles. The number of ether oxygens (including phenoxy) is 1. The van der Waals surface area contributed by atoms with Crippen molar-refractivity contribution in [3.05, 3.63) is 27.9 Å². The van der Waals surface area contributed by atoms with E-state index < -0.39 is 4.92 Å². The Bertz CT molecular complexity index is 489. The van der Waals surface area contributed by atoms with Crippen molar-refractivity contribution >= 4 is 11.5 Å². The summed E-state index contributed by atoms with van der Waals surface area (Å²) in [5, 5.41) is 14.3. The second-order valence-corrected chi connectivity index (χ2v) is 5.32. The average molecular weight is 294 g/mol. The van der Waals surface area contributed by atoms with Gasteiger partial charge in [0.15, 0.2) is 0 Å². The van der Waals surface area contributed by atoms with Crippen molar-refractivity contribution in [2.75, 3.05) is 38.3 Å². The van der Waals surface area contributed by atoms with E-state index in [0.29, 0.717) is 12.6 Å². The van der Waals surface area contributed by atoms with Gasteiger partial charge in [0, 0.05) is 32.3 Å². The third kappa shape index (κ3) is 4.12. The lowest BCUT2D eigenvalue weighted by Gasteiger charge is -2.27. The summed E-state index contributed by atoms with van der Waals surface area (Å²) in [6.45, 7) is 5.08. The Morgan fingerprint density at radius 2 is 2.43 bits per heavy atom. The molecule has 0 spiro atoms. The lowest BCUT2D eigenvalue weighted by Crippen LogP contribution is -2.40. The molecule has 1 aromatic rings. The van der Waals surface area contributed by atoms with E-state index in [1.165, 1.54) is 12.6 Å². The molecule has 116 valence electrons. The van der Waals surface area contributed by atoms with E-state index in [4.69, 9.17) is 4.74 Å². The Morgan fingerprint density at radius 3 is 3.00 bits per heavy atom. The molecule has 1 aromatic heterocycles. The van der Waals surface area contributed by atoms with Crippen LogP contribution in [0.25, 0.3) is 0 Å². The molecule has 0 bridgehead atoms. The van der Waals surface area contributed by atoms with Crippen LogP contribution in [0.4, 0.5) is 11.5 Å². The molecule has 1 unspecified atom stereocenters. The number of rotatable bonds is 7. The Kier molecular flexibility index (Phi) is 5.46. The topological polar surface area (TPSA) is 80.5 Å². The van der Waals surface area contributed by atoms with E-state index in [1.54, 1.807) is 13.2 Å². The maximum Gasteiger partial charge on any atom is 0.287 e. The Balaban J connectivity index is 2.16. The van der Waals surface area contributed by atoms with Crippen LogP contribution in [-0.4, -0.2) is 49.3 Å². The van der Waals surface area contributed by atoms with Gasteiger partial charge in [0.05, 0.1) is 11.5 Å². The number of pyridine rings is 1. The van der Waals surface area contributed by atoms with E-state index >= 15 is 0 Å². The fraction of sp³-hybridized carbons (Fsp3) is 0.643. The van der Waals surface area contributed by atoms with Gasteiger partial charge in [0.25, 0.3) is 5.69 Å². The first-order valence-electron chi connectivity index (χ1n) is 7.20. The van der Waals surface area contributed by atoms with Gasteiger partial charge in [0.2, 0.25) is 0 Å². The van der Waals surface area contributed by atoms with Crippen LogP contribution in [0.3, 0.4) is 0 Å². The van der Waals surface area contributed by atoms with Crippen molar-refractivity contribution in [1.29, 1.82) is 0 Å². The summed E-state index contributed by atoms with van der Waals surface area (Å²) in [4.78, 5) is 16.8. The summed E-state index contributed by atoms with van der Waals surface area (Å²) in [6, 6.07) is 2.02. The molecule has 0 saturated carbocycles. The van der Waals surface area contributed by atoms with Crippen LogP contribution in [0, 0.1) is 17.0 Å². The average Bonchev–Trinajstić information content (AvgIpc) is 2.96. The Hall–Kier alpha value is -1.73.